The van der Waals surface area contributed by atoms with E-state index >= 15 is 0 Å². The molecule has 0 aromatic carbocycles. The predicted octanol–water partition coefficient (Wildman–Crippen LogP) is 1.50. The predicted molar refractivity (Wildman–Crippen MR) is 80.1 cm³/mol. The number of rotatable bonds is 1. The molecule has 2 heterocycles. The molecule has 0 spiro atoms. The van der Waals surface area contributed by atoms with Gasteiger partial charge in [0.05, 0.1) is 5.56 Å². The molecule has 1 aliphatic heterocycles. The molecule has 0 atom stereocenters. The lowest BCUT2D eigenvalue weighted by atomic mass is 10.1. The number of hydrogen-bond acceptors (Lipinski definition) is 4. The summed E-state index contributed by atoms with van der Waals surface area (Å²) in [6.45, 7) is 4.71. The molecule has 5 heteroatoms. The Balaban J connectivity index is 1.86. The van der Waals surface area contributed by atoms with Crippen LogP contribution in [0.5, 0.6) is 0 Å². The second kappa shape index (κ2) is 5.72. The second-order valence-electron chi connectivity index (χ2n) is 5.78. The molecular formula is C16H20N4O. The van der Waals surface area contributed by atoms with E-state index in [0.717, 1.165) is 56.8 Å². The Hall–Kier alpha value is -2.09. The van der Waals surface area contributed by atoms with E-state index in [2.05, 4.69) is 11.0 Å². The Morgan fingerprint density at radius 3 is 2.86 bits per heavy atom. The molecular weight excluding hydrogens is 264 g/mol. The van der Waals surface area contributed by atoms with Gasteiger partial charge in [-0.3, -0.25) is 4.79 Å². The zero-order valence-corrected chi connectivity index (χ0v) is 12.4. The van der Waals surface area contributed by atoms with Crippen LogP contribution in [0.3, 0.4) is 0 Å². The number of nitrogens with zero attached hydrogens (tertiary/aromatic N) is 4. The Morgan fingerprint density at radius 2 is 2.10 bits per heavy atom. The highest BCUT2D eigenvalue weighted by Crippen LogP contribution is 2.27. The Kier molecular flexibility index (Phi) is 3.78. The number of aromatic nitrogens is 1. The molecule has 0 radical (unpaired) electrons. The van der Waals surface area contributed by atoms with Gasteiger partial charge in [0.25, 0.3) is 0 Å². The van der Waals surface area contributed by atoms with Gasteiger partial charge in [0, 0.05) is 38.8 Å². The van der Waals surface area contributed by atoms with Crippen LogP contribution in [0.4, 0.5) is 5.82 Å². The maximum Gasteiger partial charge on any atom is 0.219 e. The van der Waals surface area contributed by atoms with Crippen molar-refractivity contribution in [2.24, 2.45) is 0 Å². The van der Waals surface area contributed by atoms with Crippen LogP contribution in [0.25, 0.3) is 0 Å². The molecule has 1 saturated heterocycles. The maximum atomic E-state index is 11.5. The summed E-state index contributed by atoms with van der Waals surface area (Å²) in [5.74, 6) is 0.933. The Labute approximate surface area is 125 Å². The van der Waals surface area contributed by atoms with Crippen molar-refractivity contribution >= 4 is 11.7 Å². The molecule has 0 N–H and O–H groups in total. The molecule has 110 valence electrons. The van der Waals surface area contributed by atoms with Crippen LogP contribution >= 0.6 is 0 Å². The minimum Gasteiger partial charge on any atom is -0.354 e. The average molecular weight is 284 g/mol. The van der Waals surface area contributed by atoms with Crippen molar-refractivity contribution in [1.29, 1.82) is 5.26 Å². The van der Waals surface area contributed by atoms with E-state index in [1.54, 1.807) is 6.92 Å². The summed E-state index contributed by atoms with van der Waals surface area (Å²) in [5, 5.41) is 9.41. The Morgan fingerprint density at radius 1 is 1.24 bits per heavy atom. The van der Waals surface area contributed by atoms with Gasteiger partial charge in [-0.1, -0.05) is 0 Å². The molecule has 2 aliphatic rings. The highest BCUT2D eigenvalue weighted by molar-refractivity contribution is 5.73. The SMILES string of the molecule is CC(=O)N1CCCN(c2nc3c(cc2C#N)CCC3)CC1. The monoisotopic (exact) mass is 284 g/mol. The minimum absolute atomic E-state index is 0.124. The molecule has 0 saturated carbocycles. The quantitative estimate of drug-likeness (QED) is 0.784. The third-order valence-corrected chi connectivity index (χ3v) is 4.39. The molecule has 0 bridgehead atoms. The van der Waals surface area contributed by atoms with Crippen molar-refractivity contribution in [3.63, 3.8) is 0 Å². The van der Waals surface area contributed by atoms with Gasteiger partial charge in [-0.05, 0) is 37.3 Å². The number of anilines is 1. The fourth-order valence-corrected chi connectivity index (χ4v) is 3.23. The van der Waals surface area contributed by atoms with Crippen molar-refractivity contribution in [1.82, 2.24) is 9.88 Å². The number of carbonyl (C=O) groups is 1. The lowest BCUT2D eigenvalue weighted by Gasteiger charge is -2.23. The van der Waals surface area contributed by atoms with E-state index in [4.69, 9.17) is 4.98 Å². The first-order valence-corrected chi connectivity index (χ1v) is 7.62. The Bertz CT molecular complexity index is 605. The van der Waals surface area contributed by atoms with Crippen LogP contribution in [-0.2, 0) is 17.6 Å². The van der Waals surface area contributed by atoms with Gasteiger partial charge in [0.15, 0.2) is 0 Å². The van der Waals surface area contributed by atoms with E-state index in [-0.39, 0.29) is 5.91 Å². The van der Waals surface area contributed by atoms with Crippen LogP contribution < -0.4 is 4.90 Å². The number of hydrogen-bond donors (Lipinski definition) is 0. The van der Waals surface area contributed by atoms with Crippen LogP contribution in [0.15, 0.2) is 6.07 Å². The van der Waals surface area contributed by atoms with Gasteiger partial charge in [-0.25, -0.2) is 4.98 Å². The molecule has 5 nitrogen and oxygen atoms in total. The van der Waals surface area contributed by atoms with Crippen LogP contribution in [0.1, 0.15) is 36.6 Å². The lowest BCUT2D eigenvalue weighted by Crippen LogP contribution is -2.34. The van der Waals surface area contributed by atoms with E-state index < -0.39 is 0 Å². The third-order valence-electron chi connectivity index (χ3n) is 4.39. The number of carbonyl (C=O) groups excluding carboxylic acids is 1. The maximum absolute atomic E-state index is 11.5. The molecule has 1 aromatic heterocycles. The zero-order valence-electron chi connectivity index (χ0n) is 12.4. The summed E-state index contributed by atoms with van der Waals surface area (Å²) < 4.78 is 0. The molecule has 3 rings (SSSR count). The van der Waals surface area contributed by atoms with Gasteiger partial charge in [-0.15, -0.1) is 0 Å². The van der Waals surface area contributed by atoms with E-state index in [0.29, 0.717) is 12.1 Å². The van der Waals surface area contributed by atoms with E-state index in [9.17, 15) is 10.1 Å². The third kappa shape index (κ3) is 2.71. The summed E-state index contributed by atoms with van der Waals surface area (Å²) in [5.41, 5.74) is 3.05. The van der Waals surface area contributed by atoms with E-state index in [1.165, 1.54) is 5.56 Å². The lowest BCUT2D eigenvalue weighted by molar-refractivity contribution is -0.128. The van der Waals surface area contributed by atoms with Crippen LogP contribution in [0.2, 0.25) is 0 Å². The number of pyridine rings is 1. The summed E-state index contributed by atoms with van der Waals surface area (Å²) in [7, 11) is 0. The number of fused-ring (bicyclic) bond motifs is 1. The van der Waals surface area contributed by atoms with Gasteiger partial charge in [0.1, 0.15) is 11.9 Å². The average Bonchev–Trinajstić information content (AvgIpc) is 2.79. The normalized spacial score (nSPS) is 18.1. The van der Waals surface area contributed by atoms with Gasteiger partial charge >= 0.3 is 0 Å². The summed E-state index contributed by atoms with van der Waals surface area (Å²) in [6, 6.07) is 4.30. The van der Waals surface area contributed by atoms with Crippen LogP contribution in [0, 0.1) is 11.3 Å². The van der Waals surface area contributed by atoms with Gasteiger partial charge in [0.2, 0.25) is 5.91 Å². The molecule has 0 unspecified atom stereocenters. The number of nitriles is 1. The standard InChI is InChI=1S/C16H20N4O/c1-12(21)19-6-3-7-20(9-8-19)16-14(11-17)10-13-4-2-5-15(13)18-16/h10H,2-9H2,1H3. The second-order valence-corrected chi connectivity index (χ2v) is 5.78. The minimum atomic E-state index is 0.124. The first-order valence-electron chi connectivity index (χ1n) is 7.62. The van der Waals surface area contributed by atoms with Gasteiger partial charge < -0.3 is 9.80 Å². The fourth-order valence-electron chi connectivity index (χ4n) is 3.23. The fraction of sp³-hybridized carbons (Fsp3) is 0.562. The molecule has 1 amide bonds. The summed E-state index contributed by atoms with van der Waals surface area (Å²) in [6.07, 6.45) is 4.11. The number of aryl methyl sites for hydroxylation is 2. The number of amides is 1. The molecule has 1 aliphatic carbocycles. The van der Waals surface area contributed by atoms with Crippen molar-refractivity contribution < 1.29 is 4.79 Å². The van der Waals surface area contributed by atoms with Crippen LogP contribution in [-0.4, -0.2) is 42.0 Å². The summed E-state index contributed by atoms with van der Waals surface area (Å²) in [4.78, 5) is 20.3. The summed E-state index contributed by atoms with van der Waals surface area (Å²) >= 11 is 0. The highest BCUT2D eigenvalue weighted by atomic mass is 16.2. The smallest absolute Gasteiger partial charge is 0.219 e. The van der Waals surface area contributed by atoms with Crippen molar-refractivity contribution in [3.8, 4) is 6.07 Å². The van der Waals surface area contributed by atoms with E-state index in [1.807, 2.05) is 11.0 Å². The topological polar surface area (TPSA) is 60.2 Å². The highest BCUT2D eigenvalue weighted by Gasteiger charge is 2.22. The molecule has 21 heavy (non-hydrogen) atoms. The zero-order chi connectivity index (χ0) is 14.8. The van der Waals surface area contributed by atoms with Crippen molar-refractivity contribution in [2.45, 2.75) is 32.6 Å². The molecule has 1 fully saturated rings. The van der Waals surface area contributed by atoms with Gasteiger partial charge in [-0.2, -0.15) is 5.26 Å². The first kappa shape index (κ1) is 13.9. The largest absolute Gasteiger partial charge is 0.354 e. The van der Waals surface area contributed by atoms with Crippen molar-refractivity contribution in [2.75, 3.05) is 31.1 Å². The van der Waals surface area contributed by atoms with Crippen molar-refractivity contribution in [3.05, 3.63) is 22.9 Å². The molecule has 1 aromatic rings. The first-order chi connectivity index (χ1) is 10.2.